The van der Waals surface area contributed by atoms with Gasteiger partial charge in [0.05, 0.1) is 17.7 Å². The number of amidine groups is 1. The summed E-state index contributed by atoms with van der Waals surface area (Å²) in [5, 5.41) is 12.2. The Morgan fingerprint density at radius 3 is 2.81 bits per heavy atom. The van der Waals surface area contributed by atoms with Gasteiger partial charge in [-0.2, -0.15) is 0 Å². The molecule has 1 aliphatic rings. The number of thiazole rings is 1. The molecule has 8 nitrogen and oxygen atoms in total. The highest BCUT2D eigenvalue weighted by molar-refractivity contribution is 7.91. The zero-order valence-electron chi connectivity index (χ0n) is 11.7. The summed E-state index contributed by atoms with van der Waals surface area (Å²) in [6, 6.07) is -0.0963. The number of hydrogen-bond acceptors (Lipinski definition) is 7. The predicted octanol–water partition coefficient (Wildman–Crippen LogP) is -0.0594. The van der Waals surface area contributed by atoms with E-state index in [0.29, 0.717) is 32.5 Å². The van der Waals surface area contributed by atoms with Gasteiger partial charge in [-0.3, -0.25) is 4.90 Å². The van der Waals surface area contributed by atoms with E-state index in [-0.39, 0.29) is 16.1 Å². The van der Waals surface area contributed by atoms with Gasteiger partial charge in [-0.1, -0.05) is 5.16 Å². The Kier molecular flexibility index (Phi) is 5.14. The van der Waals surface area contributed by atoms with Crippen LogP contribution in [0.1, 0.15) is 17.8 Å². The van der Waals surface area contributed by atoms with Gasteiger partial charge in [0.1, 0.15) is 0 Å². The van der Waals surface area contributed by atoms with Crippen LogP contribution in [-0.4, -0.2) is 55.0 Å². The molecule has 0 atom stereocenters. The van der Waals surface area contributed by atoms with Crippen molar-refractivity contribution in [3.63, 3.8) is 0 Å². The van der Waals surface area contributed by atoms with Gasteiger partial charge >= 0.3 is 0 Å². The Morgan fingerprint density at radius 1 is 1.62 bits per heavy atom. The summed E-state index contributed by atoms with van der Waals surface area (Å²) in [5.41, 5.74) is 5.46. The van der Waals surface area contributed by atoms with Gasteiger partial charge in [0.15, 0.2) is 10.0 Å². The van der Waals surface area contributed by atoms with Crippen LogP contribution < -0.4 is 10.5 Å². The van der Waals surface area contributed by atoms with Crippen molar-refractivity contribution in [2.75, 3.05) is 19.6 Å². The number of rotatable bonds is 5. The summed E-state index contributed by atoms with van der Waals surface area (Å²) in [4.78, 5) is 5.99. The highest BCUT2D eigenvalue weighted by Gasteiger charge is 2.26. The zero-order chi connectivity index (χ0) is 15.5. The number of oxime groups is 1. The zero-order valence-corrected chi connectivity index (χ0v) is 13.3. The van der Waals surface area contributed by atoms with E-state index >= 15 is 0 Å². The van der Waals surface area contributed by atoms with Crippen LogP contribution in [0.25, 0.3) is 0 Å². The number of nitrogens with zero attached hydrogens (tertiary/aromatic N) is 3. The summed E-state index contributed by atoms with van der Waals surface area (Å²) in [5.74, 6) is 0.161. The third kappa shape index (κ3) is 4.37. The first-order valence-electron chi connectivity index (χ1n) is 6.54. The Balaban J connectivity index is 1.89. The summed E-state index contributed by atoms with van der Waals surface area (Å²) in [6.45, 7) is 3.57. The lowest BCUT2D eigenvalue weighted by atomic mass is 10.1. The monoisotopic (exact) mass is 333 g/mol. The SMILES string of the molecule is Cc1ncc(S(=O)(=O)NC2CCN(C/C(N)=N/O)CC2)s1. The second kappa shape index (κ2) is 6.69. The fraction of sp³-hybridized carbons (Fsp3) is 0.636. The van der Waals surface area contributed by atoms with E-state index in [0.717, 1.165) is 16.3 Å². The number of sulfonamides is 1. The number of nitrogens with two attached hydrogens (primary N) is 1. The summed E-state index contributed by atoms with van der Waals surface area (Å²) < 4.78 is 27.4. The minimum atomic E-state index is -3.49. The lowest BCUT2D eigenvalue weighted by molar-refractivity contribution is 0.228. The molecule has 1 aromatic rings. The molecule has 0 saturated carbocycles. The maximum absolute atomic E-state index is 12.2. The molecule has 1 saturated heterocycles. The molecule has 1 fully saturated rings. The van der Waals surface area contributed by atoms with Crippen LogP contribution in [0.15, 0.2) is 15.6 Å². The molecule has 2 heterocycles. The van der Waals surface area contributed by atoms with E-state index in [2.05, 4.69) is 14.9 Å². The lowest BCUT2D eigenvalue weighted by Crippen LogP contribution is -2.46. The van der Waals surface area contributed by atoms with Crippen molar-refractivity contribution < 1.29 is 13.6 Å². The molecule has 2 rings (SSSR count). The normalized spacial score (nSPS) is 19.0. The first kappa shape index (κ1) is 16.1. The molecule has 118 valence electrons. The smallest absolute Gasteiger partial charge is 0.251 e. The second-order valence-corrected chi connectivity index (χ2v) is 8.14. The summed E-state index contributed by atoms with van der Waals surface area (Å²) >= 11 is 1.16. The van der Waals surface area contributed by atoms with Crippen molar-refractivity contribution in [2.45, 2.75) is 30.0 Å². The number of nitrogens with one attached hydrogen (secondary N) is 1. The van der Waals surface area contributed by atoms with Crippen LogP contribution in [0.4, 0.5) is 0 Å². The molecule has 4 N–H and O–H groups in total. The molecule has 0 aromatic carbocycles. The van der Waals surface area contributed by atoms with E-state index in [1.807, 2.05) is 4.90 Å². The number of hydrogen-bond donors (Lipinski definition) is 3. The van der Waals surface area contributed by atoms with Crippen LogP contribution in [0.5, 0.6) is 0 Å². The maximum atomic E-state index is 12.2. The highest BCUT2D eigenvalue weighted by Crippen LogP contribution is 2.19. The van der Waals surface area contributed by atoms with Gasteiger partial charge in [-0.25, -0.2) is 18.1 Å². The molecule has 0 aliphatic carbocycles. The van der Waals surface area contributed by atoms with Crippen LogP contribution in [-0.2, 0) is 10.0 Å². The number of likely N-dealkylation sites (tertiary alicyclic amines) is 1. The number of aryl methyl sites for hydroxylation is 1. The maximum Gasteiger partial charge on any atom is 0.251 e. The van der Waals surface area contributed by atoms with Gasteiger partial charge in [0.25, 0.3) is 10.0 Å². The number of piperidine rings is 1. The molecule has 21 heavy (non-hydrogen) atoms. The minimum absolute atomic E-state index is 0.0963. The van der Waals surface area contributed by atoms with Gasteiger partial charge in [-0.15, -0.1) is 11.3 Å². The molecule has 0 amide bonds. The van der Waals surface area contributed by atoms with E-state index < -0.39 is 10.0 Å². The first-order chi connectivity index (χ1) is 9.90. The summed E-state index contributed by atoms with van der Waals surface area (Å²) in [7, 11) is -3.49. The Bertz CT molecular complexity index is 605. The quantitative estimate of drug-likeness (QED) is 0.300. The standard InChI is InChI=1S/C11H19N5O3S2/c1-8-13-6-11(20-8)21(18,19)15-9-2-4-16(5-3-9)7-10(12)14-17/h6,9,15,17H,2-5,7H2,1H3,(H2,12,14). The van der Waals surface area contributed by atoms with Crippen molar-refractivity contribution in [2.24, 2.45) is 10.9 Å². The average Bonchev–Trinajstić information content (AvgIpc) is 2.88. The molecule has 1 aliphatic heterocycles. The van der Waals surface area contributed by atoms with Gasteiger partial charge in [0.2, 0.25) is 0 Å². The van der Waals surface area contributed by atoms with E-state index in [1.165, 1.54) is 6.20 Å². The minimum Gasteiger partial charge on any atom is -0.409 e. The van der Waals surface area contributed by atoms with E-state index in [1.54, 1.807) is 6.92 Å². The topological polar surface area (TPSA) is 121 Å². The van der Waals surface area contributed by atoms with E-state index in [9.17, 15) is 8.42 Å². The van der Waals surface area contributed by atoms with Gasteiger partial charge < -0.3 is 10.9 Å². The first-order valence-corrected chi connectivity index (χ1v) is 8.84. The van der Waals surface area contributed by atoms with Crippen molar-refractivity contribution in [3.05, 3.63) is 11.2 Å². The second-order valence-electron chi connectivity index (χ2n) is 4.96. The molecule has 0 spiro atoms. The van der Waals surface area contributed by atoms with Crippen molar-refractivity contribution in [1.29, 1.82) is 0 Å². The molecule has 0 bridgehead atoms. The van der Waals surface area contributed by atoms with Crippen molar-refractivity contribution in [3.8, 4) is 0 Å². The largest absolute Gasteiger partial charge is 0.409 e. The van der Waals surface area contributed by atoms with Crippen LogP contribution in [0.3, 0.4) is 0 Å². The molecule has 0 radical (unpaired) electrons. The molecule has 0 unspecified atom stereocenters. The molecular formula is C11H19N5O3S2. The Labute approximate surface area is 127 Å². The third-order valence-corrected chi connectivity index (χ3v) is 6.18. The van der Waals surface area contributed by atoms with Crippen LogP contribution in [0.2, 0.25) is 0 Å². The van der Waals surface area contributed by atoms with Gasteiger partial charge in [0, 0.05) is 19.1 Å². The fourth-order valence-electron chi connectivity index (χ4n) is 2.21. The Hall–Kier alpha value is -1.23. The highest BCUT2D eigenvalue weighted by atomic mass is 32.2. The van der Waals surface area contributed by atoms with Crippen LogP contribution in [0, 0.1) is 6.92 Å². The lowest BCUT2D eigenvalue weighted by Gasteiger charge is -2.31. The summed E-state index contributed by atoms with van der Waals surface area (Å²) in [6.07, 6.45) is 2.77. The molecular weight excluding hydrogens is 314 g/mol. The third-order valence-electron chi connectivity index (χ3n) is 3.29. The van der Waals surface area contributed by atoms with Crippen molar-refractivity contribution >= 4 is 27.2 Å². The number of aromatic nitrogens is 1. The Morgan fingerprint density at radius 2 is 2.29 bits per heavy atom. The molecule has 1 aromatic heterocycles. The van der Waals surface area contributed by atoms with Gasteiger partial charge in [-0.05, 0) is 19.8 Å². The predicted molar refractivity (Wildman–Crippen MR) is 80.0 cm³/mol. The fourth-order valence-corrected chi connectivity index (χ4v) is 4.64. The molecule has 10 heteroatoms. The average molecular weight is 333 g/mol. The van der Waals surface area contributed by atoms with E-state index in [4.69, 9.17) is 10.9 Å². The van der Waals surface area contributed by atoms with Crippen molar-refractivity contribution in [1.82, 2.24) is 14.6 Å². The van der Waals surface area contributed by atoms with Crippen LogP contribution >= 0.6 is 11.3 Å².